The maximum absolute atomic E-state index is 11.9. The predicted molar refractivity (Wildman–Crippen MR) is 79.8 cm³/mol. The van der Waals surface area contributed by atoms with Crippen LogP contribution in [0.5, 0.6) is 0 Å². The molecule has 1 amide bonds. The Balaban J connectivity index is 2.79. The number of carbonyl (C=O) groups excluding carboxylic acids is 2. The largest absolute Gasteiger partial charge is 0.377 e. The number of rotatable bonds is 5. The van der Waals surface area contributed by atoms with Gasteiger partial charge in [0.2, 0.25) is 5.91 Å². The summed E-state index contributed by atoms with van der Waals surface area (Å²) in [5.41, 5.74) is 1.71. The number of hydrogen-bond donors (Lipinski definition) is 1. The van der Waals surface area contributed by atoms with E-state index in [0.717, 1.165) is 5.56 Å². The molecule has 5 nitrogen and oxygen atoms in total. The second-order valence-corrected chi connectivity index (χ2v) is 5.78. The number of carbonyl (C=O) groups is 2. The summed E-state index contributed by atoms with van der Waals surface area (Å²) < 4.78 is 4.66. The van der Waals surface area contributed by atoms with Crippen molar-refractivity contribution < 1.29 is 14.3 Å². The second kappa shape index (κ2) is 7.00. The Morgan fingerprint density at radius 3 is 2.29 bits per heavy atom. The lowest BCUT2D eigenvalue weighted by molar-refractivity contribution is -0.131. The van der Waals surface area contributed by atoms with Gasteiger partial charge in [-0.3, -0.25) is 9.59 Å². The number of hydrogen-bond acceptors (Lipinski definition) is 4. The first-order valence-corrected chi connectivity index (χ1v) is 6.62. The third-order valence-corrected chi connectivity index (χ3v) is 3.02. The van der Waals surface area contributed by atoms with Gasteiger partial charge < -0.3 is 10.1 Å². The zero-order valence-electron chi connectivity index (χ0n) is 12.8. The van der Waals surface area contributed by atoms with Crippen LogP contribution in [0.25, 0.3) is 0 Å². The van der Waals surface area contributed by atoms with Crippen molar-refractivity contribution in [3.63, 3.8) is 0 Å². The predicted octanol–water partition coefficient (Wildman–Crippen LogP) is 2.28. The van der Waals surface area contributed by atoms with Crippen LogP contribution in [0.4, 0.5) is 5.69 Å². The van der Waals surface area contributed by atoms with Gasteiger partial charge in [0.25, 0.3) is 0 Å². The molecule has 0 saturated carbocycles. The lowest BCUT2D eigenvalue weighted by atomic mass is 9.87. The van der Waals surface area contributed by atoms with Crippen LogP contribution >= 0.6 is 0 Å². The Morgan fingerprint density at radius 2 is 1.86 bits per heavy atom. The van der Waals surface area contributed by atoms with Crippen LogP contribution in [-0.4, -0.2) is 25.4 Å². The van der Waals surface area contributed by atoms with Gasteiger partial charge in [-0.1, -0.05) is 32.9 Å². The number of ether oxygens (including phenoxy) is 1. The molecule has 0 aromatic heterocycles. The molecule has 1 N–H and O–H groups in total. The van der Waals surface area contributed by atoms with E-state index in [9.17, 15) is 9.59 Å². The fourth-order valence-electron chi connectivity index (χ4n) is 1.77. The Hall–Kier alpha value is -2.19. The number of methoxy groups -OCH3 is 1. The molecule has 1 aromatic rings. The van der Waals surface area contributed by atoms with Crippen LogP contribution < -0.4 is 5.32 Å². The van der Waals surface area contributed by atoms with Crippen LogP contribution in [0.15, 0.2) is 24.3 Å². The molecule has 1 aromatic carbocycles. The van der Waals surface area contributed by atoms with Gasteiger partial charge in [-0.15, -0.1) is 0 Å². The van der Waals surface area contributed by atoms with Crippen LogP contribution in [0.2, 0.25) is 0 Å². The van der Waals surface area contributed by atoms with Crippen LogP contribution in [0, 0.1) is 17.2 Å². The number of nitrogens with zero attached hydrogens (tertiary/aromatic N) is 1. The van der Waals surface area contributed by atoms with Crippen molar-refractivity contribution in [1.29, 1.82) is 5.26 Å². The maximum Gasteiger partial charge on any atom is 0.249 e. The van der Waals surface area contributed by atoms with Crippen molar-refractivity contribution >= 4 is 17.4 Å². The molecule has 1 unspecified atom stereocenters. The molecule has 0 bridgehead atoms. The lowest BCUT2D eigenvalue weighted by Gasteiger charge is -2.19. The highest BCUT2D eigenvalue weighted by Crippen LogP contribution is 2.23. The topological polar surface area (TPSA) is 79.2 Å². The van der Waals surface area contributed by atoms with Gasteiger partial charge >= 0.3 is 0 Å². The molecule has 0 aliphatic carbocycles. The monoisotopic (exact) mass is 288 g/mol. The van der Waals surface area contributed by atoms with Crippen molar-refractivity contribution in [2.75, 3.05) is 19.0 Å². The molecule has 0 radical (unpaired) electrons. The Labute approximate surface area is 124 Å². The SMILES string of the molecule is COCC(=O)C(C#N)C(=O)Nc1ccc(C(C)(C)C)cc1. The first-order valence-electron chi connectivity index (χ1n) is 6.62. The van der Waals surface area contributed by atoms with E-state index in [-0.39, 0.29) is 12.0 Å². The summed E-state index contributed by atoms with van der Waals surface area (Å²) in [6, 6.07) is 9.04. The highest BCUT2D eigenvalue weighted by Gasteiger charge is 2.26. The maximum atomic E-state index is 11.9. The smallest absolute Gasteiger partial charge is 0.249 e. The third-order valence-electron chi connectivity index (χ3n) is 3.02. The van der Waals surface area contributed by atoms with E-state index >= 15 is 0 Å². The summed E-state index contributed by atoms with van der Waals surface area (Å²) in [4.78, 5) is 23.5. The van der Waals surface area contributed by atoms with Gasteiger partial charge in [-0.05, 0) is 23.1 Å². The van der Waals surface area contributed by atoms with E-state index in [1.165, 1.54) is 7.11 Å². The van der Waals surface area contributed by atoms with Crippen molar-refractivity contribution in [2.45, 2.75) is 26.2 Å². The van der Waals surface area contributed by atoms with Gasteiger partial charge in [0.05, 0.1) is 6.07 Å². The van der Waals surface area contributed by atoms with Crippen LogP contribution in [0.1, 0.15) is 26.3 Å². The Morgan fingerprint density at radius 1 is 1.29 bits per heavy atom. The summed E-state index contributed by atoms with van der Waals surface area (Å²) in [5, 5.41) is 11.5. The minimum absolute atomic E-state index is 0.0200. The molecule has 1 atom stereocenters. The molecule has 0 heterocycles. The molecule has 1 rings (SSSR count). The average Bonchev–Trinajstić information content (AvgIpc) is 2.39. The molecule has 21 heavy (non-hydrogen) atoms. The zero-order valence-corrected chi connectivity index (χ0v) is 12.8. The summed E-state index contributed by atoms with van der Waals surface area (Å²) in [6.07, 6.45) is 0. The van der Waals surface area contributed by atoms with Gasteiger partial charge in [-0.2, -0.15) is 5.26 Å². The number of ketones is 1. The first-order chi connectivity index (χ1) is 9.79. The van der Waals surface area contributed by atoms with Crippen molar-refractivity contribution in [3.8, 4) is 6.07 Å². The minimum atomic E-state index is -1.35. The number of benzene rings is 1. The first kappa shape index (κ1) is 16.9. The normalized spacial score (nSPS) is 12.3. The molecule has 112 valence electrons. The Kier molecular flexibility index (Phi) is 5.62. The third kappa shape index (κ3) is 4.69. The van der Waals surface area contributed by atoms with E-state index in [0.29, 0.717) is 5.69 Å². The number of nitriles is 1. The van der Waals surface area contributed by atoms with Crippen LogP contribution in [0.3, 0.4) is 0 Å². The average molecular weight is 288 g/mol. The summed E-state index contributed by atoms with van der Waals surface area (Å²) >= 11 is 0. The molecule has 0 fully saturated rings. The number of anilines is 1. The molecular weight excluding hydrogens is 268 g/mol. The van der Waals surface area contributed by atoms with Crippen molar-refractivity contribution in [1.82, 2.24) is 0 Å². The minimum Gasteiger partial charge on any atom is -0.377 e. The highest BCUT2D eigenvalue weighted by atomic mass is 16.5. The summed E-state index contributed by atoms with van der Waals surface area (Å²) in [6.45, 7) is 6.02. The number of Topliss-reactive ketones (excluding diaryl/α,β-unsaturated/α-hetero) is 1. The fraction of sp³-hybridized carbons (Fsp3) is 0.438. The highest BCUT2D eigenvalue weighted by molar-refractivity contribution is 6.09. The molecular formula is C16H20N2O3. The Bertz CT molecular complexity index is 550. The number of nitrogens with one attached hydrogen (secondary N) is 1. The van der Waals surface area contributed by atoms with E-state index in [1.807, 2.05) is 12.1 Å². The lowest BCUT2D eigenvalue weighted by Crippen LogP contribution is -2.30. The summed E-state index contributed by atoms with van der Waals surface area (Å²) in [5.74, 6) is -2.54. The van der Waals surface area contributed by atoms with E-state index in [2.05, 4.69) is 30.8 Å². The zero-order chi connectivity index (χ0) is 16.0. The van der Waals surface area contributed by atoms with E-state index in [4.69, 9.17) is 5.26 Å². The molecule has 0 aliphatic heterocycles. The van der Waals surface area contributed by atoms with Crippen LogP contribution in [-0.2, 0) is 19.7 Å². The fourth-order valence-corrected chi connectivity index (χ4v) is 1.77. The van der Waals surface area contributed by atoms with E-state index in [1.54, 1.807) is 18.2 Å². The number of amides is 1. The van der Waals surface area contributed by atoms with E-state index < -0.39 is 17.6 Å². The van der Waals surface area contributed by atoms with Gasteiger partial charge in [0.15, 0.2) is 11.7 Å². The molecule has 5 heteroatoms. The van der Waals surface area contributed by atoms with Crippen molar-refractivity contribution in [3.05, 3.63) is 29.8 Å². The molecule has 0 saturated heterocycles. The summed E-state index contributed by atoms with van der Waals surface area (Å²) in [7, 11) is 1.34. The quantitative estimate of drug-likeness (QED) is 0.843. The molecule has 0 aliphatic rings. The standard InChI is InChI=1S/C16H20N2O3/c1-16(2,3)11-5-7-12(8-6-11)18-15(20)13(9-17)14(19)10-21-4/h5-8,13H,10H2,1-4H3,(H,18,20). The van der Waals surface area contributed by atoms with Gasteiger partial charge in [0, 0.05) is 12.8 Å². The van der Waals surface area contributed by atoms with Crippen molar-refractivity contribution in [2.24, 2.45) is 5.92 Å². The second-order valence-electron chi connectivity index (χ2n) is 5.78. The van der Waals surface area contributed by atoms with Gasteiger partial charge in [-0.25, -0.2) is 0 Å². The molecule has 0 spiro atoms. The van der Waals surface area contributed by atoms with Gasteiger partial charge in [0.1, 0.15) is 6.61 Å².